The number of benzene rings is 2. The second-order valence-corrected chi connectivity index (χ2v) is 15.5. The number of carbonyl (C=O) groups is 4. The largest absolute Gasteiger partial charge is 0.514 e. The number of nitrogens with zero attached hydrogens (tertiary/aromatic N) is 1. The topological polar surface area (TPSA) is 159 Å². The molecule has 2 heterocycles. The third-order valence-electron chi connectivity index (χ3n) is 9.70. The summed E-state index contributed by atoms with van der Waals surface area (Å²) in [6.07, 6.45) is -1.39. The Bertz CT molecular complexity index is 1740. The number of nitrogens with one attached hydrogen (secondary N) is 1. The highest BCUT2D eigenvalue weighted by molar-refractivity contribution is 5.82. The molecule has 5 atom stereocenters. The molecule has 2 aliphatic heterocycles. The van der Waals surface area contributed by atoms with Crippen LogP contribution in [0.5, 0.6) is 11.5 Å². The summed E-state index contributed by atoms with van der Waals surface area (Å²) in [7, 11) is 1.98. The van der Waals surface area contributed by atoms with Gasteiger partial charge in [-0.15, -0.1) is 0 Å². The van der Waals surface area contributed by atoms with E-state index in [2.05, 4.69) is 10.2 Å². The molecule has 0 unspecified atom stereocenters. The van der Waals surface area contributed by atoms with Crippen molar-refractivity contribution in [3.63, 3.8) is 0 Å². The molecule has 1 amide bonds. The van der Waals surface area contributed by atoms with Crippen LogP contribution in [0, 0.1) is 0 Å². The summed E-state index contributed by atoms with van der Waals surface area (Å²) in [6.45, 7) is 10.9. The number of carbonyl (C=O) groups excluding carboxylic acids is 4. The number of aliphatic hydroxyl groups is 1. The van der Waals surface area contributed by atoms with Gasteiger partial charge in [0.25, 0.3) is 0 Å². The van der Waals surface area contributed by atoms with Crippen molar-refractivity contribution < 1.29 is 52.7 Å². The molecule has 0 aromatic heterocycles. The summed E-state index contributed by atoms with van der Waals surface area (Å²) in [5.41, 5.74) is -1.78. The first-order valence-corrected chi connectivity index (χ1v) is 17.2. The Kier molecular flexibility index (Phi) is 9.34. The van der Waals surface area contributed by atoms with Crippen molar-refractivity contribution in [2.75, 3.05) is 20.1 Å². The molecule has 2 aliphatic carbocycles. The van der Waals surface area contributed by atoms with Crippen LogP contribution in [0.3, 0.4) is 0 Å². The van der Waals surface area contributed by atoms with Gasteiger partial charge in [-0.25, -0.2) is 14.4 Å². The molecule has 0 saturated carbocycles. The molecule has 2 aromatic carbocycles. The van der Waals surface area contributed by atoms with Gasteiger partial charge in [0.1, 0.15) is 17.0 Å². The van der Waals surface area contributed by atoms with Gasteiger partial charge in [0.05, 0.1) is 17.4 Å². The van der Waals surface area contributed by atoms with Gasteiger partial charge in [-0.05, 0) is 85.7 Å². The van der Waals surface area contributed by atoms with Gasteiger partial charge in [-0.2, -0.15) is 0 Å². The van der Waals surface area contributed by atoms with Crippen LogP contribution in [-0.4, -0.2) is 83.3 Å². The molecule has 2 bridgehead atoms. The minimum absolute atomic E-state index is 0.0730. The second kappa shape index (κ2) is 13.2. The van der Waals surface area contributed by atoms with Crippen LogP contribution in [0.1, 0.15) is 83.6 Å². The van der Waals surface area contributed by atoms with E-state index in [-0.39, 0.29) is 42.7 Å². The van der Waals surface area contributed by atoms with E-state index < -0.39 is 58.6 Å². The molecule has 1 fully saturated rings. The Morgan fingerprint density at radius 3 is 2.39 bits per heavy atom. The Balaban J connectivity index is 1.27. The van der Waals surface area contributed by atoms with Crippen LogP contribution < -0.4 is 14.8 Å². The maximum atomic E-state index is 14.0. The minimum atomic E-state index is -1.44. The van der Waals surface area contributed by atoms with Gasteiger partial charge in [0.2, 0.25) is 6.10 Å². The van der Waals surface area contributed by atoms with E-state index >= 15 is 0 Å². The number of likely N-dealkylation sites (N-methyl/N-ethyl adjacent to an activating group) is 1. The number of esters is 2. The SMILES string of the molecule is CN1CC[C@]23c4c5ccc(OC(=O)OC(C)(C)C)c4O[C@H]2C(OC(=O)[C@@H](OC(=O)CCNC(=O)OC(C)(C)C)c2ccccc2)=CC[C@@]3(O)[C@@H]1C5. The number of rotatable bonds is 8. The summed E-state index contributed by atoms with van der Waals surface area (Å²) < 4.78 is 34.6. The van der Waals surface area contributed by atoms with Crippen LogP contribution in [0.2, 0.25) is 0 Å². The van der Waals surface area contributed by atoms with E-state index in [1.54, 1.807) is 84.0 Å². The fourth-order valence-electron chi connectivity index (χ4n) is 7.69. The fraction of sp³-hybridized carbons (Fsp3) is 0.526. The van der Waals surface area contributed by atoms with Crippen molar-refractivity contribution in [2.24, 2.45) is 0 Å². The van der Waals surface area contributed by atoms with Gasteiger partial charge in [-0.1, -0.05) is 36.4 Å². The smallest absolute Gasteiger partial charge is 0.477 e. The summed E-state index contributed by atoms with van der Waals surface area (Å²) in [5.74, 6) is -1.03. The molecule has 2 N–H and O–H groups in total. The summed E-state index contributed by atoms with van der Waals surface area (Å²) >= 11 is 0. The second-order valence-electron chi connectivity index (χ2n) is 15.5. The zero-order chi connectivity index (χ0) is 36.9. The van der Waals surface area contributed by atoms with E-state index in [1.165, 1.54) is 0 Å². The number of likely N-dealkylation sites (tertiary alicyclic amines) is 1. The standard InChI is InChI=1S/C38H46N2O11/c1-35(2,3)50-33(43)39-19-16-27(41)48-29(22-11-9-8-10-12-22)32(42)46-25-15-17-38(45)26-21-23-13-14-24(47-34(44)51-36(4,5)6)30-28(23)37(38,31(25)49-30)18-20-40(26)7/h8-15,26,29,31,45H,16-21H2,1-7H3,(H,39,43)/t26-,29-,31-,37-,38+/m0/s1. The molecule has 13 heteroatoms. The van der Waals surface area contributed by atoms with Crippen molar-refractivity contribution in [1.82, 2.24) is 10.2 Å². The molecular formula is C38H46N2O11. The first-order valence-electron chi connectivity index (χ1n) is 17.2. The fourth-order valence-corrected chi connectivity index (χ4v) is 7.69. The summed E-state index contributed by atoms with van der Waals surface area (Å²) in [4.78, 5) is 54.0. The number of amides is 1. The van der Waals surface area contributed by atoms with Crippen molar-refractivity contribution in [3.8, 4) is 11.5 Å². The average molecular weight is 707 g/mol. The lowest BCUT2D eigenvalue weighted by atomic mass is 9.50. The maximum absolute atomic E-state index is 14.0. The highest BCUT2D eigenvalue weighted by Crippen LogP contribution is 2.65. The molecule has 4 aliphatic rings. The molecule has 6 rings (SSSR count). The monoisotopic (exact) mass is 706 g/mol. The van der Waals surface area contributed by atoms with Crippen LogP contribution in [0.4, 0.5) is 9.59 Å². The van der Waals surface area contributed by atoms with Crippen molar-refractivity contribution in [2.45, 2.75) is 108 Å². The molecule has 1 saturated heterocycles. The number of hydrogen-bond donors (Lipinski definition) is 2. The highest BCUT2D eigenvalue weighted by Gasteiger charge is 2.72. The zero-order valence-corrected chi connectivity index (χ0v) is 30.1. The molecule has 274 valence electrons. The van der Waals surface area contributed by atoms with Gasteiger partial charge in [0.15, 0.2) is 17.6 Å². The van der Waals surface area contributed by atoms with Crippen LogP contribution in [-0.2, 0) is 40.4 Å². The van der Waals surface area contributed by atoms with Gasteiger partial charge in [-0.3, -0.25) is 4.79 Å². The lowest BCUT2D eigenvalue weighted by molar-refractivity contribution is -0.176. The number of alkyl carbamates (subject to hydrolysis) is 1. The van der Waals surface area contributed by atoms with E-state index in [1.807, 2.05) is 13.1 Å². The Morgan fingerprint density at radius 2 is 1.71 bits per heavy atom. The molecule has 2 aromatic rings. The summed E-state index contributed by atoms with van der Waals surface area (Å²) in [6, 6.07) is 11.7. The van der Waals surface area contributed by atoms with Crippen LogP contribution in [0.15, 0.2) is 54.3 Å². The predicted octanol–water partition coefficient (Wildman–Crippen LogP) is 5.02. The number of hydrogen-bond acceptors (Lipinski definition) is 12. The zero-order valence-electron chi connectivity index (χ0n) is 30.1. The number of ether oxygens (including phenoxy) is 6. The normalized spacial score (nSPS) is 25.3. The van der Waals surface area contributed by atoms with Crippen LogP contribution in [0.25, 0.3) is 0 Å². The molecule has 51 heavy (non-hydrogen) atoms. The highest BCUT2D eigenvalue weighted by atomic mass is 16.7. The summed E-state index contributed by atoms with van der Waals surface area (Å²) in [5, 5.41) is 15.1. The maximum Gasteiger partial charge on any atom is 0.514 e. The quantitative estimate of drug-likeness (QED) is 0.215. The predicted molar refractivity (Wildman–Crippen MR) is 182 cm³/mol. The molecule has 13 nitrogen and oxygen atoms in total. The Labute approximate surface area is 297 Å². The third kappa shape index (κ3) is 6.88. The van der Waals surface area contributed by atoms with Crippen LogP contribution >= 0.6 is 0 Å². The van der Waals surface area contributed by atoms with E-state index in [0.29, 0.717) is 24.9 Å². The van der Waals surface area contributed by atoms with Crippen molar-refractivity contribution in [1.29, 1.82) is 0 Å². The molecule has 0 radical (unpaired) electrons. The van der Waals surface area contributed by atoms with Crippen molar-refractivity contribution in [3.05, 3.63) is 71.0 Å². The minimum Gasteiger partial charge on any atom is -0.477 e. The lowest BCUT2D eigenvalue weighted by Gasteiger charge is -2.61. The first kappa shape index (κ1) is 36.2. The Hall–Kier alpha value is -4.62. The Morgan fingerprint density at radius 1 is 1.00 bits per heavy atom. The van der Waals surface area contributed by atoms with E-state index in [9.17, 15) is 24.3 Å². The van der Waals surface area contributed by atoms with Gasteiger partial charge < -0.3 is 43.7 Å². The van der Waals surface area contributed by atoms with Gasteiger partial charge >= 0.3 is 24.2 Å². The third-order valence-corrected chi connectivity index (χ3v) is 9.70. The van der Waals surface area contributed by atoms with E-state index in [0.717, 1.165) is 11.1 Å². The average Bonchev–Trinajstić information content (AvgIpc) is 3.39. The van der Waals surface area contributed by atoms with Crippen molar-refractivity contribution >= 4 is 24.2 Å². The van der Waals surface area contributed by atoms with E-state index in [4.69, 9.17) is 28.4 Å². The molecule has 1 spiro atoms. The molecular weight excluding hydrogens is 660 g/mol. The number of piperidine rings is 1. The first-order chi connectivity index (χ1) is 23.9. The van der Waals surface area contributed by atoms with Gasteiger partial charge in [0, 0.05) is 30.1 Å². The lowest BCUT2D eigenvalue weighted by Crippen LogP contribution is -2.74.